The van der Waals surface area contributed by atoms with Crippen LogP contribution in [-0.4, -0.2) is 30.3 Å². The van der Waals surface area contributed by atoms with Gasteiger partial charge in [-0.25, -0.2) is 9.59 Å². The summed E-state index contributed by atoms with van der Waals surface area (Å²) in [5.41, 5.74) is 0.104. The van der Waals surface area contributed by atoms with E-state index in [-0.39, 0.29) is 6.61 Å². The van der Waals surface area contributed by atoms with E-state index in [4.69, 9.17) is 9.47 Å². The van der Waals surface area contributed by atoms with Crippen molar-refractivity contribution in [2.24, 2.45) is 0 Å². The van der Waals surface area contributed by atoms with Crippen molar-refractivity contribution in [1.82, 2.24) is 5.32 Å². The predicted molar refractivity (Wildman–Crippen MR) is 69.2 cm³/mol. The molecule has 0 aliphatic heterocycles. The van der Waals surface area contributed by atoms with Crippen LogP contribution in [0.25, 0.3) is 0 Å². The largest absolute Gasteiger partial charge is 0.464 e. The number of allylic oxidation sites excluding steroid dienone is 1. The lowest BCUT2D eigenvalue weighted by Gasteiger charge is -2.23. The van der Waals surface area contributed by atoms with Gasteiger partial charge < -0.3 is 14.8 Å². The molecule has 1 atom stereocenters. The molecular weight excluding hydrogens is 234 g/mol. The van der Waals surface area contributed by atoms with E-state index in [0.29, 0.717) is 5.57 Å². The monoisotopic (exact) mass is 257 g/mol. The molecule has 5 heteroatoms. The first-order valence-electron chi connectivity index (χ1n) is 6.00. The summed E-state index contributed by atoms with van der Waals surface area (Å²) in [5.74, 6) is -0.487. The summed E-state index contributed by atoms with van der Waals surface area (Å²) in [7, 11) is 0. The van der Waals surface area contributed by atoms with Crippen LogP contribution < -0.4 is 5.32 Å². The molecule has 1 amide bonds. The van der Waals surface area contributed by atoms with Crippen LogP contribution in [0.4, 0.5) is 4.79 Å². The van der Waals surface area contributed by atoms with Gasteiger partial charge in [0.1, 0.15) is 5.60 Å². The van der Waals surface area contributed by atoms with E-state index >= 15 is 0 Å². The second-order valence-electron chi connectivity index (χ2n) is 4.86. The van der Waals surface area contributed by atoms with Crippen molar-refractivity contribution in [2.45, 2.75) is 53.2 Å². The Labute approximate surface area is 109 Å². The Kier molecular flexibility index (Phi) is 6.44. The van der Waals surface area contributed by atoms with Crippen molar-refractivity contribution in [2.75, 3.05) is 6.61 Å². The molecule has 18 heavy (non-hydrogen) atoms. The Morgan fingerprint density at radius 2 is 1.89 bits per heavy atom. The van der Waals surface area contributed by atoms with Crippen LogP contribution >= 0.6 is 0 Å². The summed E-state index contributed by atoms with van der Waals surface area (Å²) >= 11 is 0. The summed E-state index contributed by atoms with van der Waals surface area (Å²) in [6, 6.07) is -0.801. The number of amides is 1. The summed E-state index contributed by atoms with van der Waals surface area (Å²) in [6.45, 7) is 10.8. The average molecular weight is 257 g/mol. The van der Waals surface area contributed by atoms with Crippen LogP contribution in [0.2, 0.25) is 0 Å². The van der Waals surface area contributed by atoms with Gasteiger partial charge in [0.2, 0.25) is 0 Å². The Balaban J connectivity index is 4.71. The Hall–Kier alpha value is -1.52. The van der Waals surface area contributed by atoms with Crippen LogP contribution in [-0.2, 0) is 14.3 Å². The van der Waals surface area contributed by atoms with Crippen LogP contribution in [0.1, 0.15) is 41.5 Å². The highest BCUT2D eigenvalue weighted by Crippen LogP contribution is 2.09. The van der Waals surface area contributed by atoms with Gasteiger partial charge in [-0.15, -0.1) is 0 Å². The molecule has 0 rings (SSSR count). The quantitative estimate of drug-likeness (QED) is 0.620. The zero-order valence-corrected chi connectivity index (χ0v) is 12.0. The smallest absolute Gasteiger partial charge is 0.408 e. The first-order valence-corrected chi connectivity index (χ1v) is 6.00. The van der Waals surface area contributed by atoms with Gasteiger partial charge in [0.25, 0.3) is 0 Å². The number of alkyl carbamates (subject to hydrolysis) is 1. The van der Waals surface area contributed by atoms with Crippen LogP contribution in [0, 0.1) is 0 Å². The molecule has 0 unspecified atom stereocenters. The van der Waals surface area contributed by atoms with Gasteiger partial charge in [-0.05, 0) is 47.1 Å². The minimum atomic E-state index is -0.801. The van der Waals surface area contributed by atoms with Crippen molar-refractivity contribution in [3.63, 3.8) is 0 Å². The fourth-order valence-electron chi connectivity index (χ4n) is 1.18. The lowest BCUT2D eigenvalue weighted by atomic mass is 10.1. The first kappa shape index (κ1) is 16.5. The zero-order chi connectivity index (χ0) is 14.3. The van der Waals surface area contributed by atoms with E-state index in [1.54, 1.807) is 47.6 Å². The predicted octanol–water partition coefficient (Wildman–Crippen LogP) is 2.41. The number of hydrogen-bond acceptors (Lipinski definition) is 4. The third-order valence-electron chi connectivity index (χ3n) is 2.09. The summed E-state index contributed by atoms with van der Waals surface area (Å²) in [5, 5.41) is 2.50. The van der Waals surface area contributed by atoms with E-state index in [9.17, 15) is 9.59 Å². The molecule has 0 aromatic heterocycles. The third-order valence-corrected chi connectivity index (χ3v) is 2.09. The van der Waals surface area contributed by atoms with Crippen LogP contribution in [0.5, 0.6) is 0 Å². The molecule has 0 fully saturated rings. The molecule has 0 saturated heterocycles. The average Bonchev–Trinajstić information content (AvgIpc) is 2.22. The highest BCUT2D eigenvalue weighted by atomic mass is 16.6. The summed E-state index contributed by atoms with van der Waals surface area (Å²) < 4.78 is 10.0. The lowest BCUT2D eigenvalue weighted by Crippen LogP contribution is -2.45. The van der Waals surface area contributed by atoms with Crippen molar-refractivity contribution in [1.29, 1.82) is 0 Å². The molecule has 0 aliphatic rings. The number of carbonyl (C=O) groups is 2. The fraction of sp³-hybridized carbons (Fsp3) is 0.692. The maximum absolute atomic E-state index is 11.7. The van der Waals surface area contributed by atoms with E-state index < -0.39 is 23.7 Å². The maximum Gasteiger partial charge on any atom is 0.408 e. The van der Waals surface area contributed by atoms with Crippen molar-refractivity contribution >= 4 is 12.1 Å². The standard InChI is InChI=1S/C13H23NO4/c1-7-9(3)10(11(15)17-8-2)14-12(16)18-13(4,5)6/h7,10H,8H2,1-6H3,(H,14,16)/b9-7+/t10-/m0/s1. The molecule has 0 heterocycles. The number of rotatable bonds is 4. The Morgan fingerprint density at radius 1 is 1.33 bits per heavy atom. The fourth-order valence-corrected chi connectivity index (χ4v) is 1.18. The van der Waals surface area contributed by atoms with Crippen molar-refractivity contribution in [3.8, 4) is 0 Å². The Morgan fingerprint density at radius 3 is 2.28 bits per heavy atom. The van der Waals surface area contributed by atoms with Gasteiger partial charge in [-0.1, -0.05) is 6.08 Å². The molecule has 0 aliphatic carbocycles. The first-order chi connectivity index (χ1) is 8.21. The van der Waals surface area contributed by atoms with Gasteiger partial charge in [0.05, 0.1) is 6.61 Å². The van der Waals surface area contributed by atoms with Crippen molar-refractivity contribution < 1.29 is 19.1 Å². The SMILES string of the molecule is C/C=C(\C)[C@H](NC(=O)OC(C)(C)C)C(=O)OCC. The van der Waals surface area contributed by atoms with Gasteiger partial charge in [0.15, 0.2) is 6.04 Å². The normalized spacial score (nSPS) is 13.8. The molecule has 0 bridgehead atoms. The molecule has 1 N–H and O–H groups in total. The van der Waals surface area contributed by atoms with Gasteiger partial charge in [-0.2, -0.15) is 0 Å². The summed E-state index contributed by atoms with van der Waals surface area (Å²) in [6.07, 6.45) is 1.11. The molecule has 0 aromatic carbocycles. The van der Waals surface area contributed by atoms with E-state index in [0.717, 1.165) is 0 Å². The highest BCUT2D eigenvalue weighted by Gasteiger charge is 2.26. The van der Waals surface area contributed by atoms with Crippen LogP contribution in [0.15, 0.2) is 11.6 Å². The Bertz CT molecular complexity index is 328. The van der Waals surface area contributed by atoms with Crippen LogP contribution in [0.3, 0.4) is 0 Å². The molecule has 0 saturated carbocycles. The highest BCUT2D eigenvalue weighted by molar-refractivity contribution is 5.84. The molecule has 5 nitrogen and oxygen atoms in total. The molecule has 104 valence electrons. The van der Waals surface area contributed by atoms with Crippen molar-refractivity contribution in [3.05, 3.63) is 11.6 Å². The number of esters is 1. The zero-order valence-electron chi connectivity index (χ0n) is 12.0. The van der Waals surface area contributed by atoms with Gasteiger partial charge >= 0.3 is 12.1 Å². The van der Waals surface area contributed by atoms with E-state index in [1.165, 1.54) is 0 Å². The van der Waals surface area contributed by atoms with E-state index in [2.05, 4.69) is 5.32 Å². The maximum atomic E-state index is 11.7. The van der Waals surface area contributed by atoms with E-state index in [1.807, 2.05) is 0 Å². The van der Waals surface area contributed by atoms with Gasteiger partial charge in [0, 0.05) is 0 Å². The molecular formula is C13H23NO4. The summed E-state index contributed by atoms with van der Waals surface area (Å²) in [4.78, 5) is 23.3. The number of carbonyl (C=O) groups excluding carboxylic acids is 2. The third kappa shape index (κ3) is 6.27. The molecule has 0 aromatic rings. The number of hydrogen-bond donors (Lipinski definition) is 1. The molecule has 0 radical (unpaired) electrons. The minimum Gasteiger partial charge on any atom is -0.464 e. The molecule has 0 spiro atoms. The topological polar surface area (TPSA) is 64.6 Å². The second-order valence-corrected chi connectivity index (χ2v) is 4.86. The lowest BCUT2D eigenvalue weighted by molar-refractivity contribution is -0.144. The minimum absolute atomic E-state index is 0.266. The number of nitrogens with one attached hydrogen (secondary N) is 1. The second kappa shape index (κ2) is 7.03. The van der Waals surface area contributed by atoms with Gasteiger partial charge in [-0.3, -0.25) is 0 Å². The number of ether oxygens (including phenoxy) is 2.